The van der Waals surface area contributed by atoms with Crippen LogP contribution in [0, 0.1) is 22.7 Å². The lowest BCUT2D eigenvalue weighted by Crippen LogP contribution is -2.56. The number of aliphatic hydroxyl groups is 1. The zero-order valence-electron chi connectivity index (χ0n) is 49.9. The molecule has 2 saturated heterocycles. The molecule has 5 N–H and O–H groups in total. The molecule has 82 heavy (non-hydrogen) atoms. The summed E-state index contributed by atoms with van der Waals surface area (Å²) in [6.07, 6.45) is 3.48. The van der Waals surface area contributed by atoms with Gasteiger partial charge in [0.2, 0.25) is 29.4 Å². The number of carbonyl (C=O) groups is 9. The first-order valence-electron chi connectivity index (χ1n) is 29.9. The number of likely N-dealkylation sites (tertiary alicyclic amines) is 2. The zero-order valence-corrected chi connectivity index (χ0v) is 49.9. The molecule has 2 aliphatic carbocycles. The topological polar surface area (TPSA) is 253 Å². The van der Waals surface area contributed by atoms with Gasteiger partial charge < -0.3 is 55.4 Å². The minimum Gasteiger partial charge on any atom is -0.444 e. The zero-order chi connectivity index (χ0) is 59.8. The van der Waals surface area contributed by atoms with Crippen LogP contribution in [0.4, 0.5) is 9.59 Å². The van der Waals surface area contributed by atoms with Crippen molar-refractivity contribution in [2.75, 3.05) is 26.2 Å². The highest BCUT2D eigenvalue weighted by Gasteiger charge is 2.48. The molecule has 2 saturated carbocycles. The van der Waals surface area contributed by atoms with Crippen molar-refractivity contribution in [2.24, 2.45) is 22.7 Å². The highest BCUT2D eigenvalue weighted by molar-refractivity contribution is 6.38. The van der Waals surface area contributed by atoms with Gasteiger partial charge in [-0.15, -0.1) is 0 Å². The average molecular weight is 1140 g/mol. The van der Waals surface area contributed by atoms with Gasteiger partial charge in [-0.1, -0.05) is 131 Å². The van der Waals surface area contributed by atoms with E-state index in [0.717, 1.165) is 49.7 Å². The molecular weight excluding hydrogens is 1050 g/mol. The molecule has 8 rings (SSSR count). The number of fused-ring (bicyclic) bond motifs is 2. The van der Waals surface area contributed by atoms with Crippen LogP contribution in [0.25, 0.3) is 0 Å². The van der Waals surface area contributed by atoms with Crippen molar-refractivity contribution in [3.05, 3.63) is 70.8 Å². The van der Waals surface area contributed by atoms with E-state index in [9.17, 15) is 48.3 Å². The number of nitrogens with one attached hydrogen (secondary N) is 4. The van der Waals surface area contributed by atoms with E-state index < -0.39 is 90.0 Å². The number of Topliss-reactive ketones (excluding diaryl/α,β-unsaturated/α-hetero) is 1. The Morgan fingerprint density at radius 2 is 1.01 bits per heavy atom. The number of ether oxygens (including phenoxy) is 2. The van der Waals surface area contributed by atoms with Crippen LogP contribution in [0.5, 0.6) is 0 Å². The van der Waals surface area contributed by atoms with Crippen LogP contribution in [0.2, 0.25) is 0 Å². The Morgan fingerprint density at radius 1 is 0.598 bits per heavy atom. The fraction of sp³-hybridized carbons (Fsp3) is 0.661. The maximum absolute atomic E-state index is 13.7. The van der Waals surface area contributed by atoms with Gasteiger partial charge in [0.15, 0.2) is 6.10 Å². The first-order valence-corrected chi connectivity index (χ1v) is 29.9. The van der Waals surface area contributed by atoms with Gasteiger partial charge in [0.05, 0.1) is 25.2 Å². The fourth-order valence-corrected chi connectivity index (χ4v) is 10.8. The van der Waals surface area contributed by atoms with Crippen LogP contribution < -0.4 is 21.3 Å². The monoisotopic (exact) mass is 1140 g/mol. The molecule has 0 radical (unpaired) electrons. The van der Waals surface area contributed by atoms with Crippen molar-refractivity contribution in [1.82, 2.24) is 40.9 Å². The number of amides is 8. The number of rotatable bonds is 18. The minimum absolute atomic E-state index is 0.0232. The second kappa shape index (κ2) is 27.2. The SMILES string of the molecule is CCCC(NC(=O)[C@@H]1C[C@@H](OC(=O)N2CCc3ccccc3C2)CN1C(=O)[C@@H](C)C(C)(C)C)C(=O)C(=O)NC1CC1.CCCC(NC(=O)[C@@H]1C[C@@H](OC(=O)N2CCc3ccccc3C2)CN1C(=O)[C@@H](C)C(C)(C)C)C(O)C(=O)NC1CC1. The molecule has 20 nitrogen and oxygen atoms in total. The molecule has 0 bridgehead atoms. The number of carbonyl (C=O) groups excluding carboxylic acids is 9. The predicted octanol–water partition coefficient (Wildman–Crippen LogP) is 5.72. The molecule has 9 atom stereocenters. The molecule has 2 aromatic rings. The molecular formula is C62H90N8O12. The minimum atomic E-state index is -1.39. The maximum atomic E-state index is 13.7. The number of hydrogen-bond acceptors (Lipinski definition) is 12. The lowest BCUT2D eigenvalue weighted by molar-refractivity contribution is -0.145. The molecule has 0 aromatic heterocycles. The molecule has 20 heteroatoms. The van der Waals surface area contributed by atoms with E-state index in [1.165, 1.54) is 20.9 Å². The summed E-state index contributed by atoms with van der Waals surface area (Å²) in [5.74, 6) is -4.04. The molecule has 2 aromatic carbocycles. The van der Waals surface area contributed by atoms with Crippen molar-refractivity contribution in [2.45, 2.75) is 214 Å². The van der Waals surface area contributed by atoms with E-state index in [4.69, 9.17) is 9.47 Å². The van der Waals surface area contributed by atoms with E-state index in [1.807, 2.05) is 106 Å². The van der Waals surface area contributed by atoms with Gasteiger partial charge >= 0.3 is 12.2 Å². The van der Waals surface area contributed by atoms with Crippen molar-refractivity contribution in [3.63, 3.8) is 0 Å². The third-order valence-electron chi connectivity index (χ3n) is 17.2. The number of nitrogens with zero attached hydrogens (tertiary/aromatic N) is 4. The van der Waals surface area contributed by atoms with Crippen LogP contribution in [0.1, 0.15) is 156 Å². The van der Waals surface area contributed by atoms with Gasteiger partial charge in [0.1, 0.15) is 24.3 Å². The molecule has 450 valence electrons. The van der Waals surface area contributed by atoms with Crippen LogP contribution in [-0.4, -0.2) is 159 Å². The highest BCUT2D eigenvalue weighted by Crippen LogP contribution is 2.34. The van der Waals surface area contributed by atoms with Gasteiger partial charge in [0, 0.05) is 62.9 Å². The van der Waals surface area contributed by atoms with Gasteiger partial charge in [0.25, 0.3) is 11.8 Å². The summed E-state index contributed by atoms with van der Waals surface area (Å²) in [4.78, 5) is 125. The Labute approximate surface area is 483 Å². The van der Waals surface area contributed by atoms with E-state index in [1.54, 1.807) is 9.80 Å². The Kier molecular flexibility index (Phi) is 20.9. The second-order valence-electron chi connectivity index (χ2n) is 25.6. The van der Waals surface area contributed by atoms with Crippen molar-refractivity contribution >= 4 is 53.4 Å². The molecule has 6 aliphatic rings. The first-order chi connectivity index (χ1) is 38.8. The molecule has 0 spiro atoms. The van der Waals surface area contributed by atoms with E-state index >= 15 is 0 Å². The average Bonchev–Trinajstić information content (AvgIpc) is 4.48. The largest absolute Gasteiger partial charge is 0.444 e. The predicted molar refractivity (Wildman–Crippen MR) is 306 cm³/mol. The summed E-state index contributed by atoms with van der Waals surface area (Å²) >= 11 is 0. The summed E-state index contributed by atoms with van der Waals surface area (Å²) in [5.41, 5.74) is 3.90. The lowest BCUT2D eigenvalue weighted by Gasteiger charge is -2.33. The highest BCUT2D eigenvalue weighted by atomic mass is 16.6. The number of aliphatic hydroxyl groups excluding tert-OH is 1. The van der Waals surface area contributed by atoms with E-state index in [2.05, 4.69) is 33.4 Å². The van der Waals surface area contributed by atoms with E-state index in [0.29, 0.717) is 51.9 Å². The van der Waals surface area contributed by atoms with Crippen LogP contribution in [-0.2, 0) is 69.0 Å². The van der Waals surface area contributed by atoms with Gasteiger partial charge in [-0.2, -0.15) is 0 Å². The lowest BCUT2D eigenvalue weighted by atomic mass is 9.81. The van der Waals surface area contributed by atoms with Crippen LogP contribution in [0.3, 0.4) is 0 Å². The third-order valence-corrected chi connectivity index (χ3v) is 17.2. The van der Waals surface area contributed by atoms with Crippen LogP contribution >= 0.6 is 0 Å². The van der Waals surface area contributed by atoms with Gasteiger partial charge in [-0.3, -0.25) is 33.6 Å². The molecule has 4 heterocycles. The Hall–Kier alpha value is -6.57. The fourth-order valence-electron chi connectivity index (χ4n) is 10.8. The Morgan fingerprint density at radius 3 is 1.43 bits per heavy atom. The molecule has 8 amide bonds. The number of hydrogen-bond donors (Lipinski definition) is 5. The first kappa shape index (κ1) is 63.0. The number of benzene rings is 2. The summed E-state index contributed by atoms with van der Waals surface area (Å²) in [6.45, 7) is 21.4. The summed E-state index contributed by atoms with van der Waals surface area (Å²) in [5, 5.41) is 21.8. The standard InChI is InChI=1S/C31H46N4O6.C31H44N4O6/c2*1-6-9-24(26(36)28(38)32-22-12-13-22)33-27(37)25-16-23(18-35(25)29(39)19(2)31(3,4)5)41-30(40)34-15-14-20-10-7-8-11-21(20)17-34/h7-8,10-11,19,22-26,36H,6,9,12-18H2,1-5H3,(H,32,38)(H,33,37);7-8,10-11,19,22-25H,6,9,12-18H2,1-5H3,(H,32,38)(H,33,37)/t19-,23-,24?,25+,26?;19-,23-,24?,25+/m11/s1. The summed E-state index contributed by atoms with van der Waals surface area (Å²) < 4.78 is 11.7. The summed E-state index contributed by atoms with van der Waals surface area (Å²) in [7, 11) is 0. The summed E-state index contributed by atoms with van der Waals surface area (Å²) in [6, 6.07) is 12.5. The number of ketones is 1. The van der Waals surface area contributed by atoms with Crippen molar-refractivity contribution in [3.8, 4) is 0 Å². The normalized spacial score (nSPS) is 22.3. The molecule has 4 fully saturated rings. The molecule has 3 unspecified atom stereocenters. The maximum Gasteiger partial charge on any atom is 0.410 e. The van der Waals surface area contributed by atoms with Crippen molar-refractivity contribution < 1.29 is 57.7 Å². The van der Waals surface area contributed by atoms with Crippen molar-refractivity contribution in [1.29, 1.82) is 0 Å². The smallest absolute Gasteiger partial charge is 0.410 e. The van der Waals surface area contributed by atoms with Gasteiger partial charge in [-0.05, 0) is 84.5 Å². The van der Waals surface area contributed by atoms with Crippen LogP contribution in [0.15, 0.2) is 48.5 Å². The van der Waals surface area contributed by atoms with Gasteiger partial charge in [-0.25, -0.2) is 9.59 Å². The molecule has 4 aliphatic heterocycles. The quantitative estimate of drug-likeness (QED) is 0.112. The third kappa shape index (κ3) is 16.4. The van der Waals surface area contributed by atoms with E-state index in [-0.39, 0.29) is 66.6 Å². The Balaban J connectivity index is 0.000000236. The second-order valence-corrected chi connectivity index (χ2v) is 25.6. The Bertz CT molecular complexity index is 2660.